The van der Waals surface area contributed by atoms with Crippen molar-refractivity contribution in [3.8, 4) is 17.2 Å². The van der Waals surface area contributed by atoms with Gasteiger partial charge < -0.3 is 19.9 Å². The molecule has 0 saturated heterocycles. The van der Waals surface area contributed by atoms with Crippen LogP contribution in [0, 0.1) is 6.92 Å². The van der Waals surface area contributed by atoms with Crippen LogP contribution in [-0.2, 0) is 4.79 Å². The summed E-state index contributed by atoms with van der Waals surface area (Å²) >= 11 is 6.36. The molecule has 4 aromatic rings. The number of rotatable bonds is 5. The van der Waals surface area contributed by atoms with Gasteiger partial charge in [0.05, 0.1) is 23.1 Å². The minimum absolute atomic E-state index is 0.278. The molecular formula is C27H21ClN2O5. The van der Waals surface area contributed by atoms with E-state index in [1.807, 2.05) is 31.2 Å². The monoisotopic (exact) mass is 488 g/mol. The topological polar surface area (TPSA) is 97.8 Å². The van der Waals surface area contributed by atoms with Gasteiger partial charge >= 0.3 is 5.97 Å². The fourth-order valence-corrected chi connectivity index (χ4v) is 4.29. The molecule has 1 aliphatic rings. The molecule has 3 aromatic carbocycles. The Kier molecular flexibility index (Phi) is 6.01. The van der Waals surface area contributed by atoms with Gasteiger partial charge in [-0.15, -0.1) is 0 Å². The minimum atomic E-state index is -0.915. The van der Waals surface area contributed by atoms with Crippen molar-refractivity contribution in [3.63, 3.8) is 0 Å². The van der Waals surface area contributed by atoms with E-state index in [-0.39, 0.29) is 10.9 Å². The molecule has 2 N–H and O–H groups in total. The van der Waals surface area contributed by atoms with E-state index in [2.05, 4.69) is 10.3 Å². The highest BCUT2D eigenvalue weighted by atomic mass is 35.5. The minimum Gasteiger partial charge on any atom is -0.493 e. The van der Waals surface area contributed by atoms with Gasteiger partial charge in [-0.1, -0.05) is 29.8 Å². The standard InChI is InChI=1S/C27H21ClN2O5/c1-15-3-2-4-16-7-10-24(29-25(15)16)30-26(31)17-5-8-18(9-6-17)35-23-14-22-20(13-21(23)28)19(27(32)33)11-12-34-22/h2-10,13-14,19H,11-12H2,1H3,(H,32,33)(H,29,30,31). The Balaban J connectivity index is 1.31. The number of amides is 1. The molecule has 35 heavy (non-hydrogen) atoms. The van der Waals surface area contributed by atoms with E-state index in [0.717, 1.165) is 16.5 Å². The second-order valence-electron chi connectivity index (χ2n) is 8.27. The largest absolute Gasteiger partial charge is 0.493 e. The van der Waals surface area contributed by atoms with Gasteiger partial charge in [0.2, 0.25) is 0 Å². The molecular weight excluding hydrogens is 468 g/mol. The Morgan fingerprint density at radius 1 is 1.11 bits per heavy atom. The highest BCUT2D eigenvalue weighted by molar-refractivity contribution is 6.32. The first-order chi connectivity index (χ1) is 16.9. The molecule has 1 amide bonds. The van der Waals surface area contributed by atoms with Crippen LogP contribution in [-0.4, -0.2) is 28.6 Å². The fraction of sp³-hybridized carbons (Fsp3) is 0.148. The Morgan fingerprint density at radius 3 is 2.69 bits per heavy atom. The lowest BCUT2D eigenvalue weighted by molar-refractivity contribution is -0.139. The number of hydrogen-bond acceptors (Lipinski definition) is 5. The van der Waals surface area contributed by atoms with Crippen molar-refractivity contribution >= 4 is 40.2 Å². The molecule has 0 aliphatic carbocycles. The summed E-state index contributed by atoms with van der Waals surface area (Å²) in [5.41, 5.74) is 2.85. The summed E-state index contributed by atoms with van der Waals surface area (Å²) in [6.07, 6.45) is 0.386. The van der Waals surface area contributed by atoms with Crippen LogP contribution >= 0.6 is 11.6 Å². The Morgan fingerprint density at radius 2 is 1.91 bits per heavy atom. The number of nitrogens with one attached hydrogen (secondary N) is 1. The highest BCUT2D eigenvalue weighted by Gasteiger charge is 2.29. The smallest absolute Gasteiger partial charge is 0.311 e. The number of aliphatic carboxylic acids is 1. The van der Waals surface area contributed by atoms with E-state index in [1.165, 1.54) is 0 Å². The number of nitrogens with zero attached hydrogens (tertiary/aromatic N) is 1. The van der Waals surface area contributed by atoms with Crippen molar-refractivity contribution in [3.05, 3.63) is 88.4 Å². The number of carbonyl (C=O) groups is 2. The third-order valence-electron chi connectivity index (χ3n) is 5.91. The Hall–Kier alpha value is -4.10. The normalized spacial score (nSPS) is 14.6. The molecule has 7 nitrogen and oxygen atoms in total. The molecule has 1 unspecified atom stereocenters. The average Bonchev–Trinajstić information content (AvgIpc) is 2.85. The zero-order valence-corrected chi connectivity index (χ0v) is 19.5. The first-order valence-corrected chi connectivity index (χ1v) is 11.4. The lowest BCUT2D eigenvalue weighted by Crippen LogP contribution is -2.20. The number of halogens is 1. The summed E-state index contributed by atoms with van der Waals surface area (Å²) in [6, 6.07) is 19.4. The Labute approximate surface area is 206 Å². The molecule has 0 spiro atoms. The fourth-order valence-electron chi connectivity index (χ4n) is 4.08. The van der Waals surface area contributed by atoms with Crippen LogP contribution in [0.25, 0.3) is 10.9 Å². The molecule has 0 fully saturated rings. The molecule has 0 bridgehead atoms. The lowest BCUT2D eigenvalue weighted by atomic mass is 9.93. The number of pyridine rings is 1. The van der Waals surface area contributed by atoms with Crippen LogP contribution in [0.4, 0.5) is 5.82 Å². The van der Waals surface area contributed by atoms with E-state index in [0.29, 0.717) is 47.2 Å². The third-order valence-corrected chi connectivity index (χ3v) is 6.21. The van der Waals surface area contributed by atoms with Gasteiger partial charge in [0.25, 0.3) is 5.91 Å². The first kappa shape index (κ1) is 22.7. The number of aryl methyl sites for hydroxylation is 1. The quantitative estimate of drug-likeness (QED) is 0.347. The van der Waals surface area contributed by atoms with Crippen LogP contribution in [0.1, 0.15) is 33.8 Å². The summed E-state index contributed by atoms with van der Waals surface area (Å²) in [6.45, 7) is 2.28. The Bertz CT molecular complexity index is 1450. The molecule has 5 rings (SSSR count). The molecule has 8 heteroatoms. The van der Waals surface area contributed by atoms with E-state index in [1.54, 1.807) is 42.5 Å². The molecule has 1 atom stereocenters. The van der Waals surface area contributed by atoms with Crippen LogP contribution in [0.2, 0.25) is 5.02 Å². The van der Waals surface area contributed by atoms with Crippen LogP contribution in [0.3, 0.4) is 0 Å². The summed E-state index contributed by atoms with van der Waals surface area (Å²) in [5.74, 6) is -0.157. The van der Waals surface area contributed by atoms with Crippen molar-refractivity contribution in [2.24, 2.45) is 0 Å². The van der Waals surface area contributed by atoms with E-state index < -0.39 is 11.9 Å². The van der Waals surface area contributed by atoms with Gasteiger partial charge in [0.15, 0.2) is 0 Å². The van der Waals surface area contributed by atoms with E-state index in [4.69, 9.17) is 21.1 Å². The number of benzene rings is 3. The number of carbonyl (C=O) groups excluding carboxylic acids is 1. The maximum Gasteiger partial charge on any atom is 0.311 e. The van der Waals surface area contributed by atoms with Gasteiger partial charge in [-0.3, -0.25) is 9.59 Å². The van der Waals surface area contributed by atoms with Gasteiger partial charge in [-0.2, -0.15) is 0 Å². The van der Waals surface area contributed by atoms with Gasteiger partial charge in [-0.25, -0.2) is 4.98 Å². The van der Waals surface area contributed by atoms with Crippen molar-refractivity contribution in [2.45, 2.75) is 19.3 Å². The summed E-state index contributed by atoms with van der Waals surface area (Å²) < 4.78 is 11.5. The first-order valence-electron chi connectivity index (χ1n) is 11.0. The average molecular weight is 489 g/mol. The van der Waals surface area contributed by atoms with Crippen molar-refractivity contribution in [2.75, 3.05) is 11.9 Å². The maximum absolute atomic E-state index is 12.7. The number of para-hydroxylation sites is 1. The SMILES string of the molecule is Cc1cccc2ccc(NC(=O)c3ccc(Oc4cc5c(cc4Cl)C(C(=O)O)CCO5)cc3)nc12. The number of anilines is 1. The number of aromatic nitrogens is 1. The molecule has 1 aliphatic heterocycles. The number of ether oxygens (including phenoxy) is 2. The molecule has 1 aromatic heterocycles. The number of fused-ring (bicyclic) bond motifs is 2. The predicted octanol–water partition coefficient (Wildman–Crippen LogP) is 6.19. The molecule has 0 saturated carbocycles. The third kappa shape index (κ3) is 4.63. The van der Waals surface area contributed by atoms with E-state index in [9.17, 15) is 14.7 Å². The second-order valence-corrected chi connectivity index (χ2v) is 8.68. The maximum atomic E-state index is 12.7. The lowest BCUT2D eigenvalue weighted by Gasteiger charge is -2.24. The zero-order valence-electron chi connectivity index (χ0n) is 18.7. The number of carboxylic acid groups (broad SMARTS) is 1. The van der Waals surface area contributed by atoms with Crippen LogP contribution in [0.5, 0.6) is 17.2 Å². The van der Waals surface area contributed by atoms with Gasteiger partial charge in [-0.05, 0) is 61.4 Å². The molecule has 0 radical (unpaired) electrons. The van der Waals surface area contributed by atoms with Gasteiger partial charge in [0.1, 0.15) is 23.1 Å². The number of hydrogen-bond donors (Lipinski definition) is 2. The highest BCUT2D eigenvalue weighted by Crippen LogP contribution is 2.41. The molecule has 176 valence electrons. The van der Waals surface area contributed by atoms with Crippen molar-refractivity contribution < 1.29 is 24.2 Å². The second kappa shape index (κ2) is 9.27. The van der Waals surface area contributed by atoms with E-state index >= 15 is 0 Å². The van der Waals surface area contributed by atoms with Crippen LogP contribution in [0.15, 0.2) is 66.7 Å². The summed E-state index contributed by atoms with van der Waals surface area (Å²) in [4.78, 5) is 28.8. The van der Waals surface area contributed by atoms with Crippen molar-refractivity contribution in [1.82, 2.24) is 4.98 Å². The zero-order chi connectivity index (χ0) is 24.5. The summed E-state index contributed by atoms with van der Waals surface area (Å²) in [5, 5.41) is 13.5. The van der Waals surface area contributed by atoms with Gasteiger partial charge in [0, 0.05) is 22.6 Å². The van der Waals surface area contributed by atoms with Crippen LogP contribution < -0.4 is 14.8 Å². The molecule has 2 heterocycles. The number of carboxylic acids is 1. The van der Waals surface area contributed by atoms with Crippen molar-refractivity contribution in [1.29, 1.82) is 0 Å². The summed E-state index contributed by atoms with van der Waals surface area (Å²) in [7, 11) is 0. The predicted molar refractivity (Wildman–Crippen MR) is 133 cm³/mol.